The first-order valence-electron chi connectivity index (χ1n) is 11.6. The van der Waals surface area contributed by atoms with Crippen molar-refractivity contribution in [3.63, 3.8) is 0 Å². The number of carbonyl (C=O) groups excluding carboxylic acids is 2. The molecule has 12 heteroatoms. The number of aryl methyl sites for hydroxylation is 2. The van der Waals surface area contributed by atoms with Gasteiger partial charge in [0.15, 0.2) is 5.69 Å². The van der Waals surface area contributed by atoms with Crippen LogP contribution in [-0.2, 0) is 13.2 Å². The predicted molar refractivity (Wildman–Crippen MR) is 137 cm³/mol. The molecule has 0 unspecified atom stereocenters. The molecule has 0 bridgehead atoms. The van der Waals surface area contributed by atoms with Crippen molar-refractivity contribution < 1.29 is 27.5 Å². The fourth-order valence-electron chi connectivity index (χ4n) is 4.66. The summed E-state index contributed by atoms with van der Waals surface area (Å²) in [5, 5.41) is 4.93. The van der Waals surface area contributed by atoms with E-state index in [1.54, 1.807) is 40.9 Å². The van der Waals surface area contributed by atoms with Crippen LogP contribution >= 0.6 is 23.2 Å². The zero-order chi connectivity index (χ0) is 27.9. The Bertz CT molecular complexity index is 1370. The average Bonchev–Trinajstić information content (AvgIpc) is 3.47. The number of methoxy groups -OCH3 is 1. The van der Waals surface area contributed by atoms with Crippen LogP contribution in [0.4, 0.5) is 13.2 Å². The number of nitrogens with zero attached hydrogens (tertiary/aromatic N) is 4. The molecule has 0 N–H and O–H groups in total. The standard InChI is InChI=1S/C26H25Cl2F3N4O3/c1-14-9-21(32-34(14)3)25(37)35-12-17(15-5-7-19(27)20(28)11-15)22(13-35)33(2)24(36)16-6-8-23(38-4)18(10-16)26(29,30)31/h5-11,17,22H,12-13H2,1-4H3/t17-,22+/m0/s1. The summed E-state index contributed by atoms with van der Waals surface area (Å²) in [6, 6.07) is 9.36. The van der Waals surface area contributed by atoms with E-state index in [-0.39, 0.29) is 41.9 Å². The second-order valence-electron chi connectivity index (χ2n) is 9.18. The van der Waals surface area contributed by atoms with E-state index in [0.29, 0.717) is 10.0 Å². The van der Waals surface area contributed by atoms with Gasteiger partial charge >= 0.3 is 6.18 Å². The van der Waals surface area contributed by atoms with Gasteiger partial charge < -0.3 is 14.5 Å². The largest absolute Gasteiger partial charge is 0.496 e. The van der Waals surface area contributed by atoms with Crippen molar-refractivity contribution in [3.8, 4) is 5.75 Å². The molecule has 1 saturated heterocycles. The topological polar surface area (TPSA) is 67.7 Å². The minimum absolute atomic E-state index is 0.143. The zero-order valence-electron chi connectivity index (χ0n) is 21.0. The van der Waals surface area contributed by atoms with E-state index in [1.807, 2.05) is 6.92 Å². The molecule has 0 aliphatic carbocycles. The molecule has 7 nitrogen and oxygen atoms in total. The molecule has 202 valence electrons. The molecule has 2 atom stereocenters. The lowest BCUT2D eigenvalue weighted by molar-refractivity contribution is -0.138. The molecule has 1 aliphatic rings. The van der Waals surface area contributed by atoms with Gasteiger partial charge in [0, 0.05) is 44.4 Å². The minimum atomic E-state index is -4.71. The summed E-state index contributed by atoms with van der Waals surface area (Å²) in [4.78, 5) is 29.7. The van der Waals surface area contributed by atoms with Gasteiger partial charge in [-0.2, -0.15) is 18.3 Å². The Labute approximate surface area is 227 Å². The minimum Gasteiger partial charge on any atom is -0.496 e. The van der Waals surface area contributed by atoms with Crippen LogP contribution in [0.2, 0.25) is 10.0 Å². The van der Waals surface area contributed by atoms with Crippen molar-refractivity contribution >= 4 is 35.0 Å². The Hall–Kier alpha value is -3.24. The molecular formula is C26H25Cl2F3N4O3. The molecule has 2 aromatic carbocycles. The van der Waals surface area contributed by atoms with E-state index in [4.69, 9.17) is 27.9 Å². The Morgan fingerprint density at radius 1 is 1.08 bits per heavy atom. The van der Waals surface area contributed by atoms with Crippen LogP contribution < -0.4 is 4.74 Å². The highest BCUT2D eigenvalue weighted by Gasteiger charge is 2.42. The van der Waals surface area contributed by atoms with Crippen LogP contribution in [0.25, 0.3) is 0 Å². The van der Waals surface area contributed by atoms with Crippen molar-refractivity contribution in [1.82, 2.24) is 19.6 Å². The Balaban J connectivity index is 1.69. The Morgan fingerprint density at radius 3 is 2.37 bits per heavy atom. The number of halogens is 5. The smallest absolute Gasteiger partial charge is 0.419 e. The summed E-state index contributed by atoms with van der Waals surface area (Å²) >= 11 is 12.4. The monoisotopic (exact) mass is 568 g/mol. The third kappa shape index (κ3) is 5.33. The van der Waals surface area contributed by atoms with Gasteiger partial charge in [-0.25, -0.2) is 0 Å². The van der Waals surface area contributed by atoms with Crippen molar-refractivity contribution in [2.24, 2.45) is 7.05 Å². The van der Waals surface area contributed by atoms with Gasteiger partial charge in [-0.15, -0.1) is 0 Å². The molecule has 1 aromatic heterocycles. The highest BCUT2D eigenvalue weighted by molar-refractivity contribution is 6.42. The van der Waals surface area contributed by atoms with Gasteiger partial charge in [0.1, 0.15) is 5.75 Å². The third-order valence-electron chi connectivity index (χ3n) is 6.85. The first kappa shape index (κ1) is 27.8. The van der Waals surface area contributed by atoms with Crippen molar-refractivity contribution in [3.05, 3.63) is 80.6 Å². The van der Waals surface area contributed by atoms with Crippen molar-refractivity contribution in [2.75, 3.05) is 27.2 Å². The summed E-state index contributed by atoms with van der Waals surface area (Å²) in [5.41, 5.74) is 0.602. The van der Waals surface area contributed by atoms with Crippen molar-refractivity contribution in [2.45, 2.75) is 25.1 Å². The quantitative estimate of drug-likeness (QED) is 0.411. The van der Waals surface area contributed by atoms with Gasteiger partial charge in [-0.05, 0) is 48.9 Å². The molecule has 0 spiro atoms. The number of benzene rings is 2. The Morgan fingerprint density at radius 2 is 1.79 bits per heavy atom. The number of hydrogen-bond donors (Lipinski definition) is 0. The number of rotatable bonds is 5. The zero-order valence-corrected chi connectivity index (χ0v) is 22.5. The molecule has 0 saturated carbocycles. The number of carbonyl (C=O) groups is 2. The summed E-state index contributed by atoms with van der Waals surface area (Å²) in [5.74, 6) is -1.71. The first-order chi connectivity index (χ1) is 17.8. The van der Waals surface area contributed by atoms with E-state index < -0.39 is 23.7 Å². The maximum absolute atomic E-state index is 13.6. The summed E-state index contributed by atoms with van der Waals surface area (Å²) in [6.45, 7) is 2.21. The lowest BCUT2D eigenvalue weighted by Gasteiger charge is -2.29. The molecule has 1 aliphatic heterocycles. The van der Waals surface area contributed by atoms with E-state index in [1.165, 1.54) is 18.0 Å². The number of amides is 2. The van der Waals surface area contributed by atoms with Gasteiger partial charge in [0.25, 0.3) is 11.8 Å². The van der Waals surface area contributed by atoms with E-state index >= 15 is 0 Å². The Kier molecular flexibility index (Phi) is 7.67. The normalized spacial score (nSPS) is 17.6. The lowest BCUT2D eigenvalue weighted by atomic mass is 9.93. The molecule has 38 heavy (non-hydrogen) atoms. The molecule has 1 fully saturated rings. The van der Waals surface area contributed by atoms with Crippen LogP contribution in [0.15, 0.2) is 42.5 Å². The maximum atomic E-state index is 13.6. The summed E-state index contributed by atoms with van der Waals surface area (Å²) < 4.78 is 47.2. The van der Waals surface area contributed by atoms with E-state index in [2.05, 4.69) is 5.10 Å². The number of likely N-dealkylation sites (N-methyl/N-ethyl adjacent to an activating group) is 1. The van der Waals surface area contributed by atoms with Crippen LogP contribution in [0.1, 0.15) is 43.6 Å². The number of aromatic nitrogens is 2. The van der Waals surface area contributed by atoms with Gasteiger partial charge in [0.2, 0.25) is 0 Å². The first-order valence-corrected chi connectivity index (χ1v) is 12.3. The van der Waals surface area contributed by atoms with Crippen LogP contribution in [-0.4, -0.2) is 64.7 Å². The van der Waals surface area contributed by atoms with E-state index in [0.717, 1.165) is 30.5 Å². The van der Waals surface area contributed by atoms with E-state index in [9.17, 15) is 22.8 Å². The number of likely N-dealkylation sites (tertiary alicyclic amines) is 1. The van der Waals surface area contributed by atoms with Gasteiger partial charge in [0.05, 0.1) is 28.8 Å². The maximum Gasteiger partial charge on any atom is 0.419 e. The fraction of sp³-hybridized carbons (Fsp3) is 0.346. The average molecular weight is 569 g/mol. The predicted octanol–water partition coefficient (Wildman–Crippen LogP) is 5.44. The number of alkyl halides is 3. The molecule has 3 aromatic rings. The molecular weight excluding hydrogens is 544 g/mol. The summed E-state index contributed by atoms with van der Waals surface area (Å²) in [6.07, 6.45) is -4.71. The second-order valence-corrected chi connectivity index (χ2v) is 10.00. The lowest BCUT2D eigenvalue weighted by Crippen LogP contribution is -2.42. The van der Waals surface area contributed by atoms with Gasteiger partial charge in [-0.1, -0.05) is 29.3 Å². The van der Waals surface area contributed by atoms with Crippen LogP contribution in [0.5, 0.6) is 5.75 Å². The number of ether oxygens (including phenoxy) is 1. The SMILES string of the molecule is COc1ccc(C(=O)N(C)[C@@H]2CN(C(=O)c3cc(C)n(C)n3)C[C@H]2c2ccc(Cl)c(Cl)c2)cc1C(F)(F)F. The highest BCUT2D eigenvalue weighted by Crippen LogP contribution is 2.38. The second kappa shape index (κ2) is 10.5. The third-order valence-corrected chi connectivity index (χ3v) is 7.59. The highest BCUT2D eigenvalue weighted by atomic mass is 35.5. The molecule has 2 amide bonds. The van der Waals surface area contributed by atoms with Crippen LogP contribution in [0, 0.1) is 6.92 Å². The van der Waals surface area contributed by atoms with Gasteiger partial charge in [-0.3, -0.25) is 14.3 Å². The molecule has 2 heterocycles. The number of hydrogen-bond acceptors (Lipinski definition) is 4. The van der Waals surface area contributed by atoms with Crippen LogP contribution in [0.3, 0.4) is 0 Å². The van der Waals surface area contributed by atoms with Crippen molar-refractivity contribution in [1.29, 1.82) is 0 Å². The summed E-state index contributed by atoms with van der Waals surface area (Å²) in [7, 11) is 4.37. The fourth-order valence-corrected chi connectivity index (χ4v) is 4.97. The molecule has 0 radical (unpaired) electrons. The molecule has 4 rings (SSSR count).